The average molecular weight is 333 g/mol. The number of amides is 3. The second-order valence-corrected chi connectivity index (χ2v) is 6.90. The smallest absolute Gasteiger partial charge is 0.317 e. The van der Waals surface area contributed by atoms with Gasteiger partial charge in [-0.2, -0.15) is 0 Å². The van der Waals surface area contributed by atoms with Crippen molar-refractivity contribution in [2.45, 2.75) is 57.7 Å². The zero-order chi connectivity index (χ0) is 16.9. The zero-order valence-corrected chi connectivity index (χ0v) is 14.4. The van der Waals surface area contributed by atoms with Gasteiger partial charge in [-0.3, -0.25) is 4.79 Å². The van der Waals surface area contributed by atoms with E-state index in [1.807, 2.05) is 27.5 Å². The van der Waals surface area contributed by atoms with Crippen LogP contribution in [0, 0.1) is 0 Å². The van der Waals surface area contributed by atoms with Gasteiger partial charge in [-0.15, -0.1) is 0 Å². The molecule has 1 aromatic rings. The minimum Gasteiger partial charge on any atom is -0.341 e. The highest BCUT2D eigenvalue weighted by Crippen LogP contribution is 2.20. The first-order chi connectivity index (χ1) is 11.6. The average Bonchev–Trinajstić information content (AvgIpc) is 3.20. The summed E-state index contributed by atoms with van der Waals surface area (Å²) >= 11 is 0. The van der Waals surface area contributed by atoms with Gasteiger partial charge >= 0.3 is 6.03 Å². The number of nitrogens with zero attached hydrogens (tertiary/aromatic N) is 4. The molecule has 0 unspecified atom stereocenters. The summed E-state index contributed by atoms with van der Waals surface area (Å²) < 4.78 is 1.96. The molecule has 2 aliphatic heterocycles. The Bertz CT molecular complexity index is 559. The predicted molar refractivity (Wildman–Crippen MR) is 90.4 cm³/mol. The number of hydrogen-bond acceptors (Lipinski definition) is 3. The lowest BCUT2D eigenvalue weighted by molar-refractivity contribution is -0.128. The molecule has 0 aliphatic carbocycles. The summed E-state index contributed by atoms with van der Waals surface area (Å²) in [6, 6.07) is 0.155. The van der Waals surface area contributed by atoms with Crippen molar-refractivity contribution in [3.63, 3.8) is 0 Å². The number of carbonyl (C=O) groups is 2. The van der Waals surface area contributed by atoms with Crippen molar-refractivity contribution in [1.29, 1.82) is 0 Å². The lowest BCUT2D eigenvalue weighted by Gasteiger charge is -2.38. The van der Waals surface area contributed by atoms with Crippen LogP contribution in [0.25, 0.3) is 0 Å². The van der Waals surface area contributed by atoms with Crippen LogP contribution in [0.15, 0.2) is 18.7 Å². The van der Waals surface area contributed by atoms with Crippen molar-refractivity contribution < 1.29 is 9.59 Å². The van der Waals surface area contributed by atoms with E-state index in [-0.39, 0.29) is 24.0 Å². The first-order valence-corrected chi connectivity index (χ1v) is 8.94. The van der Waals surface area contributed by atoms with Crippen molar-refractivity contribution in [2.75, 3.05) is 19.6 Å². The summed E-state index contributed by atoms with van der Waals surface area (Å²) in [5.74, 6) is 0.231. The first kappa shape index (κ1) is 16.8. The van der Waals surface area contributed by atoms with Crippen molar-refractivity contribution in [1.82, 2.24) is 24.7 Å². The fraction of sp³-hybridized carbons (Fsp3) is 0.706. The number of hydrogen-bond donors (Lipinski definition) is 1. The maximum absolute atomic E-state index is 12.7. The van der Waals surface area contributed by atoms with Crippen LogP contribution in [0.4, 0.5) is 4.79 Å². The Kier molecular flexibility index (Phi) is 5.37. The van der Waals surface area contributed by atoms with E-state index >= 15 is 0 Å². The van der Waals surface area contributed by atoms with Gasteiger partial charge in [0.1, 0.15) is 0 Å². The van der Waals surface area contributed by atoms with E-state index in [0.29, 0.717) is 19.5 Å². The number of aromatic nitrogens is 2. The van der Waals surface area contributed by atoms with E-state index in [9.17, 15) is 9.59 Å². The van der Waals surface area contributed by atoms with E-state index in [1.54, 1.807) is 12.5 Å². The summed E-state index contributed by atoms with van der Waals surface area (Å²) in [5.41, 5.74) is 0. The van der Waals surface area contributed by atoms with Gasteiger partial charge < -0.3 is 19.7 Å². The van der Waals surface area contributed by atoms with Crippen molar-refractivity contribution >= 4 is 11.9 Å². The van der Waals surface area contributed by atoms with Crippen LogP contribution in [0.2, 0.25) is 0 Å². The normalized spacial score (nSPS) is 22.7. The fourth-order valence-electron chi connectivity index (χ4n) is 3.66. The van der Waals surface area contributed by atoms with Crippen LogP contribution in [-0.4, -0.2) is 63.0 Å². The van der Waals surface area contributed by atoms with E-state index in [2.05, 4.69) is 10.3 Å². The highest BCUT2D eigenvalue weighted by atomic mass is 16.2. The Hall–Kier alpha value is -2.05. The molecule has 3 amide bonds. The Morgan fingerprint density at radius 3 is 2.96 bits per heavy atom. The molecule has 2 fully saturated rings. The molecule has 3 rings (SSSR count). The van der Waals surface area contributed by atoms with Gasteiger partial charge in [-0.25, -0.2) is 9.78 Å². The second kappa shape index (κ2) is 7.68. The Labute approximate surface area is 143 Å². The third-order valence-electron chi connectivity index (χ3n) is 4.90. The number of nitrogens with one attached hydrogen (secondary N) is 1. The molecule has 1 aromatic heterocycles. The molecule has 0 bridgehead atoms. The third-order valence-corrected chi connectivity index (χ3v) is 4.90. The third kappa shape index (κ3) is 4.07. The Balaban J connectivity index is 1.55. The van der Waals surface area contributed by atoms with Crippen LogP contribution in [-0.2, 0) is 11.3 Å². The molecule has 2 atom stereocenters. The predicted octanol–water partition coefficient (Wildman–Crippen LogP) is 1.46. The monoisotopic (exact) mass is 333 g/mol. The number of piperidine rings is 1. The van der Waals surface area contributed by atoms with Gasteiger partial charge in [-0.1, -0.05) is 0 Å². The molecule has 1 N–H and O–H groups in total. The number of rotatable bonds is 5. The number of urea groups is 1. The van der Waals surface area contributed by atoms with Crippen molar-refractivity contribution in [3.8, 4) is 0 Å². The van der Waals surface area contributed by atoms with Gasteiger partial charge in [0.05, 0.1) is 12.4 Å². The molecule has 7 heteroatoms. The van der Waals surface area contributed by atoms with Gasteiger partial charge in [0.15, 0.2) is 0 Å². The molecule has 24 heavy (non-hydrogen) atoms. The van der Waals surface area contributed by atoms with E-state index in [4.69, 9.17) is 0 Å². The Morgan fingerprint density at radius 1 is 1.38 bits per heavy atom. The molecule has 7 nitrogen and oxygen atoms in total. The summed E-state index contributed by atoms with van der Waals surface area (Å²) in [6.45, 7) is 5.00. The largest absolute Gasteiger partial charge is 0.341 e. The second-order valence-electron chi connectivity index (χ2n) is 6.90. The maximum atomic E-state index is 12.7. The van der Waals surface area contributed by atoms with Gasteiger partial charge in [0, 0.05) is 51.0 Å². The number of imidazole rings is 1. The van der Waals surface area contributed by atoms with Crippen LogP contribution >= 0.6 is 0 Å². The summed E-state index contributed by atoms with van der Waals surface area (Å²) in [6.07, 6.45) is 10.1. The van der Waals surface area contributed by atoms with Crippen LogP contribution in [0.3, 0.4) is 0 Å². The topological polar surface area (TPSA) is 70.5 Å². The van der Waals surface area contributed by atoms with Gasteiger partial charge in [0.2, 0.25) is 5.91 Å². The minimum absolute atomic E-state index is 0.0149. The molecular weight excluding hydrogens is 306 g/mol. The molecular formula is C17H27N5O2. The van der Waals surface area contributed by atoms with Crippen LogP contribution in [0.1, 0.15) is 39.0 Å². The van der Waals surface area contributed by atoms with Crippen molar-refractivity contribution in [3.05, 3.63) is 18.7 Å². The summed E-state index contributed by atoms with van der Waals surface area (Å²) in [7, 11) is 0. The van der Waals surface area contributed by atoms with Crippen LogP contribution < -0.4 is 5.32 Å². The summed E-state index contributed by atoms with van der Waals surface area (Å²) in [5, 5.41) is 3.09. The molecule has 0 radical (unpaired) electrons. The van der Waals surface area contributed by atoms with E-state index in [1.165, 1.54) is 0 Å². The lowest BCUT2D eigenvalue weighted by atomic mass is 10.0. The molecule has 3 heterocycles. The van der Waals surface area contributed by atoms with Crippen molar-refractivity contribution in [2.24, 2.45) is 0 Å². The highest BCUT2D eigenvalue weighted by molar-refractivity contribution is 5.78. The lowest BCUT2D eigenvalue weighted by Crippen LogP contribution is -2.54. The SMILES string of the molecule is C[C@H](Cn1ccnc1)NC(=O)N1CCCC[C@@H]1CN1CCCC1=O. The van der Waals surface area contributed by atoms with Gasteiger partial charge in [0.25, 0.3) is 0 Å². The molecule has 2 saturated heterocycles. The van der Waals surface area contributed by atoms with Gasteiger partial charge in [-0.05, 0) is 32.6 Å². The molecule has 132 valence electrons. The molecule has 0 aromatic carbocycles. The minimum atomic E-state index is -0.0149. The quantitative estimate of drug-likeness (QED) is 0.887. The highest BCUT2D eigenvalue weighted by Gasteiger charge is 2.31. The zero-order valence-electron chi connectivity index (χ0n) is 14.4. The van der Waals surface area contributed by atoms with E-state index in [0.717, 1.165) is 38.8 Å². The standard InChI is InChI=1S/C17H27N5O2/c1-14(11-20-10-7-18-13-20)19-17(24)22-9-3-2-5-15(22)12-21-8-4-6-16(21)23/h7,10,13-15H,2-6,8-9,11-12H2,1H3,(H,19,24)/t14-,15-/m1/s1. The molecule has 0 saturated carbocycles. The van der Waals surface area contributed by atoms with E-state index < -0.39 is 0 Å². The fourth-order valence-corrected chi connectivity index (χ4v) is 3.66. The number of carbonyl (C=O) groups excluding carboxylic acids is 2. The maximum Gasteiger partial charge on any atom is 0.317 e. The molecule has 2 aliphatic rings. The van der Waals surface area contributed by atoms with Crippen LogP contribution in [0.5, 0.6) is 0 Å². The molecule has 0 spiro atoms. The number of likely N-dealkylation sites (tertiary alicyclic amines) is 2. The summed E-state index contributed by atoms with van der Waals surface area (Å²) in [4.78, 5) is 32.4. The first-order valence-electron chi connectivity index (χ1n) is 8.94. The Morgan fingerprint density at radius 2 is 2.25 bits per heavy atom.